The minimum absolute atomic E-state index is 0.0138. The van der Waals surface area contributed by atoms with E-state index in [1.54, 1.807) is 0 Å². The van der Waals surface area contributed by atoms with E-state index in [0.717, 1.165) is 12.8 Å². The lowest BCUT2D eigenvalue weighted by atomic mass is 10.3. The molecule has 1 heterocycles. The molecule has 19 heavy (non-hydrogen) atoms. The van der Waals surface area contributed by atoms with E-state index in [0.29, 0.717) is 31.4 Å². The fourth-order valence-electron chi connectivity index (χ4n) is 1.42. The van der Waals surface area contributed by atoms with Crippen LogP contribution in [0.3, 0.4) is 0 Å². The van der Waals surface area contributed by atoms with Crippen LogP contribution >= 0.6 is 0 Å². The first-order chi connectivity index (χ1) is 8.92. The minimum Gasteiger partial charge on any atom is -0.406 e. The van der Waals surface area contributed by atoms with Crippen LogP contribution in [0, 0.1) is 0 Å². The second-order valence-electron chi connectivity index (χ2n) is 4.17. The SMILES string of the molecule is CCNC(C)c1nnc(NCCCNS(C)(=O)=O)o1. The Hall–Kier alpha value is -1.19. The Labute approximate surface area is 113 Å². The van der Waals surface area contributed by atoms with Crippen molar-refractivity contribution < 1.29 is 12.8 Å². The van der Waals surface area contributed by atoms with Crippen LogP contribution in [-0.4, -0.2) is 44.5 Å². The summed E-state index contributed by atoms with van der Waals surface area (Å²) in [7, 11) is -3.12. The van der Waals surface area contributed by atoms with E-state index in [-0.39, 0.29) is 6.04 Å². The summed E-state index contributed by atoms with van der Waals surface area (Å²) in [5, 5.41) is 13.9. The quantitative estimate of drug-likeness (QED) is 0.553. The highest BCUT2D eigenvalue weighted by Gasteiger charge is 2.12. The highest BCUT2D eigenvalue weighted by molar-refractivity contribution is 7.88. The lowest BCUT2D eigenvalue weighted by molar-refractivity contribution is 0.428. The lowest BCUT2D eigenvalue weighted by Crippen LogP contribution is -2.24. The van der Waals surface area contributed by atoms with Crippen molar-refractivity contribution in [1.82, 2.24) is 20.2 Å². The van der Waals surface area contributed by atoms with Gasteiger partial charge >= 0.3 is 6.01 Å². The Kier molecular flexibility index (Phi) is 6.19. The van der Waals surface area contributed by atoms with Crippen LogP contribution in [0.25, 0.3) is 0 Å². The molecule has 0 radical (unpaired) electrons. The van der Waals surface area contributed by atoms with E-state index < -0.39 is 10.0 Å². The largest absolute Gasteiger partial charge is 0.406 e. The van der Waals surface area contributed by atoms with Crippen molar-refractivity contribution >= 4 is 16.0 Å². The van der Waals surface area contributed by atoms with E-state index in [1.165, 1.54) is 0 Å². The van der Waals surface area contributed by atoms with Crippen molar-refractivity contribution in [3.8, 4) is 0 Å². The predicted octanol–water partition coefficient (Wildman–Crippen LogP) is 0.0913. The number of hydrogen-bond donors (Lipinski definition) is 3. The van der Waals surface area contributed by atoms with Gasteiger partial charge in [-0.1, -0.05) is 12.0 Å². The van der Waals surface area contributed by atoms with Crippen LogP contribution in [-0.2, 0) is 10.0 Å². The molecule has 9 heteroatoms. The molecule has 1 atom stereocenters. The molecule has 0 amide bonds. The topological polar surface area (TPSA) is 109 Å². The van der Waals surface area contributed by atoms with Gasteiger partial charge in [0.05, 0.1) is 12.3 Å². The fourth-order valence-corrected chi connectivity index (χ4v) is 1.93. The minimum atomic E-state index is -3.12. The van der Waals surface area contributed by atoms with Crippen LogP contribution in [0.1, 0.15) is 32.2 Å². The van der Waals surface area contributed by atoms with Crippen LogP contribution in [0.2, 0.25) is 0 Å². The Bertz CT molecular complexity index is 473. The molecule has 1 aromatic heterocycles. The van der Waals surface area contributed by atoms with Gasteiger partial charge in [0.15, 0.2) is 0 Å². The van der Waals surface area contributed by atoms with Gasteiger partial charge < -0.3 is 15.1 Å². The zero-order valence-electron chi connectivity index (χ0n) is 11.4. The number of nitrogens with zero attached hydrogens (tertiary/aromatic N) is 2. The van der Waals surface area contributed by atoms with E-state index in [4.69, 9.17) is 4.42 Å². The van der Waals surface area contributed by atoms with Gasteiger partial charge in [-0.2, -0.15) is 0 Å². The molecule has 1 unspecified atom stereocenters. The summed E-state index contributed by atoms with van der Waals surface area (Å²) in [6.45, 7) is 5.70. The van der Waals surface area contributed by atoms with E-state index in [9.17, 15) is 8.42 Å². The number of rotatable bonds is 9. The predicted molar refractivity (Wildman–Crippen MR) is 72.3 cm³/mol. The Balaban J connectivity index is 2.27. The summed E-state index contributed by atoms with van der Waals surface area (Å²) in [4.78, 5) is 0. The van der Waals surface area contributed by atoms with Crippen LogP contribution < -0.4 is 15.4 Å². The average Bonchev–Trinajstić information content (AvgIpc) is 2.76. The summed E-state index contributed by atoms with van der Waals surface area (Å²) in [5.74, 6) is 0.526. The molecule has 0 aromatic carbocycles. The van der Waals surface area contributed by atoms with Crippen molar-refractivity contribution in [2.75, 3.05) is 31.2 Å². The van der Waals surface area contributed by atoms with Crippen LogP contribution in [0.4, 0.5) is 6.01 Å². The van der Waals surface area contributed by atoms with E-state index in [2.05, 4.69) is 25.6 Å². The monoisotopic (exact) mass is 291 g/mol. The third-order valence-corrected chi connectivity index (χ3v) is 3.04. The first-order valence-electron chi connectivity index (χ1n) is 6.17. The molecule has 1 aromatic rings. The molecule has 0 saturated heterocycles. The number of sulfonamides is 1. The van der Waals surface area contributed by atoms with E-state index >= 15 is 0 Å². The molecule has 0 bridgehead atoms. The number of nitrogens with one attached hydrogen (secondary N) is 3. The molecule has 0 aliphatic carbocycles. The van der Waals surface area contributed by atoms with Crippen molar-refractivity contribution in [2.24, 2.45) is 0 Å². The summed E-state index contributed by atoms with van der Waals surface area (Å²) in [5.41, 5.74) is 0. The van der Waals surface area contributed by atoms with Gasteiger partial charge in [0.1, 0.15) is 0 Å². The first-order valence-corrected chi connectivity index (χ1v) is 8.07. The Morgan fingerprint density at radius 3 is 2.68 bits per heavy atom. The molecule has 0 saturated carbocycles. The lowest BCUT2D eigenvalue weighted by Gasteiger charge is -2.06. The summed E-state index contributed by atoms with van der Waals surface area (Å²) >= 11 is 0. The first kappa shape index (κ1) is 15.9. The maximum atomic E-state index is 10.8. The third-order valence-electron chi connectivity index (χ3n) is 2.32. The normalized spacial score (nSPS) is 13.4. The number of hydrogen-bond acceptors (Lipinski definition) is 7. The van der Waals surface area contributed by atoms with E-state index in [1.807, 2.05) is 13.8 Å². The molecule has 3 N–H and O–H groups in total. The van der Waals surface area contributed by atoms with Gasteiger partial charge in [0.2, 0.25) is 15.9 Å². The molecule has 0 fully saturated rings. The van der Waals surface area contributed by atoms with Crippen molar-refractivity contribution in [2.45, 2.75) is 26.3 Å². The van der Waals surface area contributed by atoms with Gasteiger partial charge in [0, 0.05) is 13.1 Å². The highest BCUT2D eigenvalue weighted by atomic mass is 32.2. The molecular formula is C10H21N5O3S. The Morgan fingerprint density at radius 1 is 1.32 bits per heavy atom. The van der Waals surface area contributed by atoms with Gasteiger partial charge in [-0.05, 0) is 19.9 Å². The van der Waals surface area contributed by atoms with Gasteiger partial charge in [-0.3, -0.25) is 0 Å². The second-order valence-corrected chi connectivity index (χ2v) is 6.00. The smallest absolute Gasteiger partial charge is 0.315 e. The van der Waals surface area contributed by atoms with Gasteiger partial charge in [0.25, 0.3) is 0 Å². The van der Waals surface area contributed by atoms with Crippen LogP contribution in [0.5, 0.6) is 0 Å². The second kappa shape index (κ2) is 7.41. The van der Waals surface area contributed by atoms with Gasteiger partial charge in [-0.15, -0.1) is 5.10 Å². The number of anilines is 1. The van der Waals surface area contributed by atoms with Crippen molar-refractivity contribution in [3.63, 3.8) is 0 Å². The fraction of sp³-hybridized carbons (Fsp3) is 0.800. The van der Waals surface area contributed by atoms with Crippen molar-refractivity contribution in [3.05, 3.63) is 5.89 Å². The highest BCUT2D eigenvalue weighted by Crippen LogP contribution is 2.12. The molecule has 110 valence electrons. The molecule has 0 aliphatic rings. The summed E-state index contributed by atoms with van der Waals surface area (Å²) < 4.78 is 29.5. The Morgan fingerprint density at radius 2 is 2.05 bits per heavy atom. The molecule has 1 rings (SSSR count). The molecular weight excluding hydrogens is 270 g/mol. The zero-order valence-corrected chi connectivity index (χ0v) is 12.2. The standard InChI is InChI=1S/C10H21N5O3S/c1-4-11-8(2)9-14-15-10(18-9)12-6-5-7-13-19(3,16)17/h8,11,13H,4-7H2,1-3H3,(H,12,15). The summed E-state index contributed by atoms with van der Waals surface area (Å²) in [6, 6.07) is 0.360. The maximum Gasteiger partial charge on any atom is 0.315 e. The average molecular weight is 291 g/mol. The third kappa shape index (κ3) is 6.50. The molecule has 8 nitrogen and oxygen atoms in total. The zero-order chi connectivity index (χ0) is 14.3. The summed E-state index contributed by atoms with van der Waals surface area (Å²) in [6.07, 6.45) is 1.76. The number of aromatic nitrogens is 2. The molecule has 0 aliphatic heterocycles. The van der Waals surface area contributed by atoms with Gasteiger partial charge in [-0.25, -0.2) is 13.1 Å². The van der Waals surface area contributed by atoms with Crippen molar-refractivity contribution in [1.29, 1.82) is 0 Å². The maximum absolute atomic E-state index is 10.8. The van der Waals surface area contributed by atoms with Crippen LogP contribution in [0.15, 0.2) is 4.42 Å². The molecule has 0 spiro atoms.